The van der Waals surface area contributed by atoms with E-state index < -0.39 is 0 Å². The molecule has 1 saturated heterocycles. The van der Waals surface area contributed by atoms with E-state index in [0.29, 0.717) is 0 Å². The van der Waals surface area contributed by atoms with Gasteiger partial charge in [0.05, 0.1) is 26.3 Å². The zero-order valence-corrected chi connectivity index (χ0v) is 9.32. The fraction of sp³-hybridized carbons (Fsp3) is 0.500. The molecule has 0 atom stereocenters. The quantitative estimate of drug-likeness (QED) is 0.739. The van der Waals surface area contributed by atoms with Crippen molar-refractivity contribution in [3.63, 3.8) is 0 Å². The summed E-state index contributed by atoms with van der Waals surface area (Å²) in [6.45, 7) is 7.39. The first-order valence-electron chi connectivity index (χ1n) is 5.33. The van der Waals surface area contributed by atoms with E-state index in [1.165, 1.54) is 11.1 Å². The Bertz CT molecular complexity index is 332. The predicted octanol–water partition coefficient (Wildman–Crippen LogP) is 1.93. The molecule has 0 aromatic heterocycles. The van der Waals surface area contributed by atoms with Gasteiger partial charge in [0.2, 0.25) is 0 Å². The van der Waals surface area contributed by atoms with E-state index in [9.17, 15) is 0 Å². The van der Waals surface area contributed by atoms with Gasteiger partial charge in [0, 0.05) is 0 Å². The van der Waals surface area contributed by atoms with Gasteiger partial charge in [-0.1, -0.05) is 6.07 Å². The summed E-state index contributed by atoms with van der Waals surface area (Å²) in [6, 6.07) is 6.17. The molecule has 1 heterocycles. The van der Waals surface area contributed by atoms with Crippen molar-refractivity contribution in [1.82, 2.24) is 5.06 Å². The van der Waals surface area contributed by atoms with E-state index in [1.54, 1.807) is 0 Å². The third-order valence-electron chi connectivity index (χ3n) is 2.68. The monoisotopic (exact) mass is 207 g/mol. The van der Waals surface area contributed by atoms with Gasteiger partial charge in [0.25, 0.3) is 0 Å². The van der Waals surface area contributed by atoms with Crippen LogP contribution in [-0.4, -0.2) is 31.4 Å². The lowest BCUT2D eigenvalue weighted by Gasteiger charge is -2.26. The van der Waals surface area contributed by atoms with Crippen molar-refractivity contribution in [3.05, 3.63) is 29.3 Å². The molecule has 0 radical (unpaired) electrons. The summed E-state index contributed by atoms with van der Waals surface area (Å²) in [5.41, 5.74) is 2.56. The van der Waals surface area contributed by atoms with E-state index in [2.05, 4.69) is 26.0 Å². The Hall–Kier alpha value is -1.06. The second-order valence-corrected chi connectivity index (χ2v) is 3.88. The molecule has 2 rings (SSSR count). The van der Waals surface area contributed by atoms with Crippen LogP contribution in [0, 0.1) is 13.8 Å². The molecular formula is C12H17NO2. The first-order chi connectivity index (χ1) is 7.25. The van der Waals surface area contributed by atoms with Crippen molar-refractivity contribution >= 4 is 0 Å². The molecule has 1 fully saturated rings. The van der Waals surface area contributed by atoms with Crippen molar-refractivity contribution in [3.8, 4) is 5.75 Å². The Morgan fingerprint density at radius 1 is 1.13 bits per heavy atom. The number of nitrogens with zero attached hydrogens (tertiary/aromatic N) is 1. The van der Waals surface area contributed by atoms with Crippen LogP contribution < -0.4 is 4.84 Å². The van der Waals surface area contributed by atoms with Gasteiger partial charge in [-0.25, -0.2) is 0 Å². The second-order valence-electron chi connectivity index (χ2n) is 3.88. The lowest BCUT2D eigenvalue weighted by atomic mass is 10.1. The standard InChI is InChI=1S/C12H17NO2/c1-10-3-4-12(9-11(10)2)15-13-5-7-14-8-6-13/h3-4,9H,5-8H2,1-2H3. The third-order valence-corrected chi connectivity index (χ3v) is 2.68. The number of hydroxylamine groups is 2. The number of hydrogen-bond donors (Lipinski definition) is 0. The smallest absolute Gasteiger partial charge is 0.147 e. The molecule has 0 unspecified atom stereocenters. The molecule has 0 spiro atoms. The Morgan fingerprint density at radius 2 is 1.87 bits per heavy atom. The summed E-state index contributed by atoms with van der Waals surface area (Å²) in [5, 5.41) is 1.95. The van der Waals surface area contributed by atoms with Crippen LogP contribution in [0.1, 0.15) is 11.1 Å². The molecule has 0 amide bonds. The van der Waals surface area contributed by atoms with Gasteiger partial charge >= 0.3 is 0 Å². The Balaban J connectivity index is 2.00. The average molecular weight is 207 g/mol. The second kappa shape index (κ2) is 4.64. The molecule has 0 saturated carbocycles. The minimum Gasteiger partial charge on any atom is -0.406 e. The first-order valence-corrected chi connectivity index (χ1v) is 5.33. The third kappa shape index (κ3) is 2.70. The maximum atomic E-state index is 5.74. The fourth-order valence-electron chi connectivity index (χ4n) is 1.56. The molecular weight excluding hydrogens is 190 g/mol. The van der Waals surface area contributed by atoms with Gasteiger partial charge in [-0.2, -0.15) is 0 Å². The van der Waals surface area contributed by atoms with E-state index in [-0.39, 0.29) is 0 Å². The van der Waals surface area contributed by atoms with Crippen LogP contribution in [0.25, 0.3) is 0 Å². The molecule has 1 aliphatic rings. The molecule has 82 valence electrons. The lowest BCUT2D eigenvalue weighted by Crippen LogP contribution is -2.38. The molecule has 1 aromatic carbocycles. The van der Waals surface area contributed by atoms with E-state index in [4.69, 9.17) is 9.57 Å². The SMILES string of the molecule is Cc1ccc(ON2CCOCC2)cc1C. The largest absolute Gasteiger partial charge is 0.406 e. The van der Waals surface area contributed by atoms with Crippen LogP contribution in [0.4, 0.5) is 0 Å². The molecule has 0 N–H and O–H groups in total. The summed E-state index contributed by atoms with van der Waals surface area (Å²) in [4.78, 5) is 5.74. The maximum Gasteiger partial charge on any atom is 0.147 e. The van der Waals surface area contributed by atoms with Crippen LogP contribution in [0.3, 0.4) is 0 Å². The van der Waals surface area contributed by atoms with Crippen LogP contribution in [0.2, 0.25) is 0 Å². The zero-order valence-electron chi connectivity index (χ0n) is 9.32. The highest BCUT2D eigenvalue weighted by Gasteiger charge is 2.11. The fourth-order valence-corrected chi connectivity index (χ4v) is 1.56. The zero-order chi connectivity index (χ0) is 10.7. The minimum atomic E-state index is 0.755. The number of benzene rings is 1. The van der Waals surface area contributed by atoms with Crippen molar-refractivity contribution in [2.24, 2.45) is 0 Å². The van der Waals surface area contributed by atoms with E-state index in [0.717, 1.165) is 32.1 Å². The number of hydrogen-bond acceptors (Lipinski definition) is 3. The van der Waals surface area contributed by atoms with E-state index in [1.807, 2.05) is 11.1 Å². The highest BCUT2D eigenvalue weighted by atomic mass is 16.7. The van der Waals surface area contributed by atoms with Crippen molar-refractivity contribution in [2.75, 3.05) is 26.3 Å². The summed E-state index contributed by atoms with van der Waals surface area (Å²) in [5.74, 6) is 0.917. The minimum absolute atomic E-state index is 0.755. The number of rotatable bonds is 2. The normalized spacial score (nSPS) is 17.7. The van der Waals surface area contributed by atoms with Gasteiger partial charge in [-0.3, -0.25) is 0 Å². The molecule has 1 aliphatic heterocycles. The van der Waals surface area contributed by atoms with Gasteiger partial charge in [0.1, 0.15) is 5.75 Å². The highest BCUT2D eigenvalue weighted by molar-refractivity contribution is 5.33. The summed E-state index contributed by atoms with van der Waals surface area (Å²) >= 11 is 0. The van der Waals surface area contributed by atoms with Gasteiger partial charge < -0.3 is 9.57 Å². The van der Waals surface area contributed by atoms with Crippen LogP contribution in [0.15, 0.2) is 18.2 Å². The summed E-state index contributed by atoms with van der Waals surface area (Å²) in [7, 11) is 0. The number of morpholine rings is 1. The van der Waals surface area contributed by atoms with Crippen molar-refractivity contribution < 1.29 is 9.57 Å². The molecule has 3 nitrogen and oxygen atoms in total. The number of aryl methyl sites for hydroxylation is 2. The Labute approximate surface area is 90.6 Å². The molecule has 0 aliphatic carbocycles. The van der Waals surface area contributed by atoms with Crippen LogP contribution >= 0.6 is 0 Å². The Kier molecular flexibility index (Phi) is 3.23. The summed E-state index contributed by atoms with van der Waals surface area (Å²) in [6.07, 6.45) is 0. The molecule has 0 bridgehead atoms. The first kappa shape index (κ1) is 10.5. The van der Waals surface area contributed by atoms with Crippen LogP contribution in [-0.2, 0) is 4.74 Å². The Morgan fingerprint density at radius 3 is 2.53 bits per heavy atom. The van der Waals surface area contributed by atoms with Gasteiger partial charge in [0.15, 0.2) is 0 Å². The summed E-state index contributed by atoms with van der Waals surface area (Å²) < 4.78 is 5.26. The topological polar surface area (TPSA) is 21.7 Å². The van der Waals surface area contributed by atoms with Crippen molar-refractivity contribution in [1.29, 1.82) is 0 Å². The van der Waals surface area contributed by atoms with Crippen LogP contribution in [0.5, 0.6) is 5.75 Å². The average Bonchev–Trinajstić information content (AvgIpc) is 2.25. The maximum absolute atomic E-state index is 5.74. The van der Waals surface area contributed by atoms with Gasteiger partial charge in [-0.15, -0.1) is 5.06 Å². The molecule has 15 heavy (non-hydrogen) atoms. The van der Waals surface area contributed by atoms with Crippen molar-refractivity contribution in [2.45, 2.75) is 13.8 Å². The highest BCUT2D eigenvalue weighted by Crippen LogP contribution is 2.17. The predicted molar refractivity (Wildman–Crippen MR) is 58.9 cm³/mol. The van der Waals surface area contributed by atoms with Gasteiger partial charge in [-0.05, 0) is 37.1 Å². The lowest BCUT2D eigenvalue weighted by molar-refractivity contribution is -0.118. The van der Waals surface area contributed by atoms with E-state index >= 15 is 0 Å². The molecule has 3 heteroatoms. The molecule has 1 aromatic rings. The number of ether oxygens (including phenoxy) is 1.